The van der Waals surface area contributed by atoms with Crippen molar-refractivity contribution < 1.29 is 19.1 Å². The van der Waals surface area contributed by atoms with Crippen molar-refractivity contribution in [3.63, 3.8) is 0 Å². The molecular formula is C15H20FNO3S. The number of carbonyl (C=O) groups excluding carboxylic acids is 1. The fourth-order valence-corrected chi connectivity index (χ4v) is 2.68. The lowest BCUT2D eigenvalue weighted by atomic mass is 10.2. The van der Waals surface area contributed by atoms with Crippen molar-refractivity contribution in [3.05, 3.63) is 30.1 Å². The molecule has 0 radical (unpaired) electrons. The maximum absolute atomic E-state index is 13.5. The maximum Gasteiger partial charge on any atom is 0.303 e. The lowest BCUT2D eigenvalue weighted by Gasteiger charge is -2.26. The Bertz CT molecular complexity index is 494. The summed E-state index contributed by atoms with van der Waals surface area (Å²) in [6.07, 6.45) is 0.459. The number of carboxylic acids is 1. The standard InChI is InChI=1S/C15H20FNO3S/c1-11(2)17(9-5-8-15(19)20)14(18)10-21-13-7-4-3-6-12(13)16/h3-4,6-7,11H,5,8-10H2,1-2H3,(H,19,20). The van der Waals surface area contributed by atoms with Crippen LogP contribution in [0, 0.1) is 5.82 Å². The highest BCUT2D eigenvalue weighted by Gasteiger charge is 2.17. The Morgan fingerprint density at radius 1 is 1.33 bits per heavy atom. The van der Waals surface area contributed by atoms with Crippen LogP contribution in [-0.4, -0.2) is 40.2 Å². The zero-order chi connectivity index (χ0) is 15.8. The van der Waals surface area contributed by atoms with Crippen LogP contribution in [0.15, 0.2) is 29.2 Å². The SMILES string of the molecule is CC(C)N(CCCC(=O)O)C(=O)CSc1ccccc1F. The number of hydrogen-bond donors (Lipinski definition) is 1. The van der Waals surface area contributed by atoms with Gasteiger partial charge in [0, 0.05) is 23.9 Å². The second-order valence-corrected chi connectivity index (χ2v) is 5.91. The van der Waals surface area contributed by atoms with Gasteiger partial charge in [-0.1, -0.05) is 12.1 Å². The van der Waals surface area contributed by atoms with Gasteiger partial charge >= 0.3 is 5.97 Å². The van der Waals surface area contributed by atoms with E-state index in [9.17, 15) is 14.0 Å². The molecule has 1 N–H and O–H groups in total. The first-order valence-corrected chi connectivity index (χ1v) is 7.79. The summed E-state index contributed by atoms with van der Waals surface area (Å²) in [6, 6.07) is 6.32. The summed E-state index contributed by atoms with van der Waals surface area (Å²) in [5.74, 6) is -1.17. The molecule has 4 nitrogen and oxygen atoms in total. The molecule has 6 heteroatoms. The molecule has 0 unspecified atom stereocenters. The quantitative estimate of drug-likeness (QED) is 0.750. The minimum atomic E-state index is -0.869. The predicted octanol–water partition coefficient (Wildman–Crippen LogP) is 3.02. The number of thioether (sulfide) groups is 1. The third-order valence-electron chi connectivity index (χ3n) is 2.92. The number of nitrogens with zero attached hydrogens (tertiary/aromatic N) is 1. The topological polar surface area (TPSA) is 57.6 Å². The average molecular weight is 313 g/mol. The summed E-state index contributed by atoms with van der Waals surface area (Å²) in [6.45, 7) is 4.17. The van der Waals surface area contributed by atoms with Crippen molar-refractivity contribution in [2.45, 2.75) is 37.6 Å². The molecule has 0 fully saturated rings. The molecule has 0 saturated carbocycles. The van der Waals surface area contributed by atoms with E-state index in [0.29, 0.717) is 17.9 Å². The van der Waals surface area contributed by atoms with Crippen molar-refractivity contribution in [1.82, 2.24) is 4.90 Å². The molecule has 0 aliphatic heterocycles. The molecular weight excluding hydrogens is 293 g/mol. The second kappa shape index (κ2) is 8.67. The van der Waals surface area contributed by atoms with E-state index in [0.717, 1.165) is 11.8 Å². The summed E-state index contributed by atoms with van der Waals surface area (Å²) < 4.78 is 13.5. The average Bonchev–Trinajstić information content (AvgIpc) is 2.41. The van der Waals surface area contributed by atoms with Gasteiger partial charge in [-0.2, -0.15) is 0 Å². The first kappa shape index (κ1) is 17.5. The molecule has 0 aliphatic carbocycles. The van der Waals surface area contributed by atoms with Gasteiger partial charge in [0.05, 0.1) is 5.75 Å². The zero-order valence-electron chi connectivity index (χ0n) is 12.2. The highest BCUT2D eigenvalue weighted by molar-refractivity contribution is 8.00. The van der Waals surface area contributed by atoms with Crippen LogP contribution in [0.1, 0.15) is 26.7 Å². The first-order chi connectivity index (χ1) is 9.91. The van der Waals surface area contributed by atoms with Gasteiger partial charge in [0.25, 0.3) is 0 Å². The van der Waals surface area contributed by atoms with E-state index in [4.69, 9.17) is 5.11 Å². The van der Waals surface area contributed by atoms with E-state index in [1.54, 1.807) is 23.1 Å². The molecule has 0 bridgehead atoms. The third kappa shape index (κ3) is 6.16. The monoisotopic (exact) mass is 313 g/mol. The Hall–Kier alpha value is -1.56. The highest BCUT2D eigenvalue weighted by atomic mass is 32.2. The molecule has 0 heterocycles. The highest BCUT2D eigenvalue weighted by Crippen LogP contribution is 2.21. The van der Waals surface area contributed by atoms with Gasteiger partial charge in [0.15, 0.2) is 0 Å². The van der Waals surface area contributed by atoms with Crippen LogP contribution in [0.25, 0.3) is 0 Å². The number of halogens is 1. The van der Waals surface area contributed by atoms with E-state index in [1.807, 2.05) is 13.8 Å². The summed E-state index contributed by atoms with van der Waals surface area (Å²) in [4.78, 5) is 24.8. The zero-order valence-corrected chi connectivity index (χ0v) is 13.0. The van der Waals surface area contributed by atoms with Crippen molar-refractivity contribution in [2.24, 2.45) is 0 Å². The Kier molecular flexibility index (Phi) is 7.22. The summed E-state index contributed by atoms with van der Waals surface area (Å²) in [5.41, 5.74) is 0. The van der Waals surface area contributed by atoms with Crippen molar-refractivity contribution in [3.8, 4) is 0 Å². The van der Waals surface area contributed by atoms with Crippen LogP contribution in [-0.2, 0) is 9.59 Å². The van der Waals surface area contributed by atoms with Crippen LogP contribution in [0.3, 0.4) is 0 Å². The molecule has 0 saturated heterocycles. The number of amides is 1. The van der Waals surface area contributed by atoms with E-state index < -0.39 is 5.97 Å². The van der Waals surface area contributed by atoms with Gasteiger partial charge in [-0.05, 0) is 32.4 Å². The minimum absolute atomic E-state index is 0.00693. The molecule has 0 atom stereocenters. The van der Waals surface area contributed by atoms with E-state index in [2.05, 4.69) is 0 Å². The maximum atomic E-state index is 13.5. The molecule has 0 spiro atoms. The van der Waals surface area contributed by atoms with Crippen molar-refractivity contribution >= 4 is 23.6 Å². The smallest absolute Gasteiger partial charge is 0.303 e. The predicted molar refractivity (Wildman–Crippen MR) is 80.8 cm³/mol. The Labute approximate surface area is 128 Å². The third-order valence-corrected chi connectivity index (χ3v) is 3.95. The number of carbonyl (C=O) groups is 2. The van der Waals surface area contributed by atoms with E-state index in [1.165, 1.54) is 6.07 Å². The van der Waals surface area contributed by atoms with Crippen LogP contribution in [0.5, 0.6) is 0 Å². The normalized spacial score (nSPS) is 10.7. The molecule has 0 aromatic heterocycles. The Morgan fingerprint density at radius 2 is 2.00 bits per heavy atom. The molecule has 0 aliphatic rings. The van der Waals surface area contributed by atoms with Crippen LogP contribution >= 0.6 is 11.8 Å². The number of rotatable bonds is 8. The molecule has 116 valence electrons. The lowest BCUT2D eigenvalue weighted by Crippen LogP contribution is -2.39. The van der Waals surface area contributed by atoms with Crippen LogP contribution in [0.4, 0.5) is 4.39 Å². The van der Waals surface area contributed by atoms with E-state index >= 15 is 0 Å². The lowest BCUT2D eigenvalue weighted by molar-refractivity contribution is -0.138. The fraction of sp³-hybridized carbons (Fsp3) is 0.467. The molecule has 1 rings (SSSR count). The molecule has 1 amide bonds. The Balaban J connectivity index is 2.53. The largest absolute Gasteiger partial charge is 0.481 e. The van der Waals surface area contributed by atoms with Crippen LogP contribution < -0.4 is 0 Å². The second-order valence-electron chi connectivity index (χ2n) is 4.90. The van der Waals surface area contributed by atoms with Crippen LogP contribution in [0.2, 0.25) is 0 Å². The van der Waals surface area contributed by atoms with E-state index in [-0.39, 0.29) is 29.9 Å². The number of benzene rings is 1. The first-order valence-electron chi connectivity index (χ1n) is 6.80. The summed E-state index contributed by atoms with van der Waals surface area (Å²) >= 11 is 1.16. The van der Waals surface area contributed by atoms with Gasteiger partial charge in [0.1, 0.15) is 5.82 Å². The molecule has 1 aromatic rings. The number of carboxylic acid groups (broad SMARTS) is 1. The summed E-state index contributed by atoms with van der Waals surface area (Å²) in [7, 11) is 0. The number of aliphatic carboxylic acids is 1. The van der Waals surface area contributed by atoms with Crippen molar-refractivity contribution in [2.75, 3.05) is 12.3 Å². The van der Waals surface area contributed by atoms with Gasteiger partial charge in [-0.25, -0.2) is 4.39 Å². The van der Waals surface area contributed by atoms with Gasteiger partial charge in [-0.15, -0.1) is 11.8 Å². The van der Waals surface area contributed by atoms with Gasteiger partial charge in [-0.3, -0.25) is 9.59 Å². The molecule has 21 heavy (non-hydrogen) atoms. The Morgan fingerprint density at radius 3 is 2.57 bits per heavy atom. The van der Waals surface area contributed by atoms with Gasteiger partial charge < -0.3 is 10.0 Å². The minimum Gasteiger partial charge on any atom is -0.481 e. The number of hydrogen-bond acceptors (Lipinski definition) is 3. The summed E-state index contributed by atoms with van der Waals surface area (Å²) in [5, 5.41) is 8.64. The molecule has 1 aromatic carbocycles. The van der Waals surface area contributed by atoms with Crippen molar-refractivity contribution in [1.29, 1.82) is 0 Å². The fourth-order valence-electron chi connectivity index (χ4n) is 1.86. The van der Waals surface area contributed by atoms with Gasteiger partial charge in [0.2, 0.25) is 5.91 Å².